The van der Waals surface area contributed by atoms with Gasteiger partial charge in [0, 0.05) is 47.4 Å². The summed E-state index contributed by atoms with van der Waals surface area (Å²) in [7, 11) is 5.82. The van der Waals surface area contributed by atoms with Crippen molar-refractivity contribution in [2.45, 2.75) is 51.9 Å². The highest BCUT2D eigenvalue weighted by Gasteiger charge is 2.42. The fourth-order valence-corrected chi connectivity index (χ4v) is 4.18. The summed E-state index contributed by atoms with van der Waals surface area (Å²) in [6.45, 7) is 6.32. The van der Waals surface area contributed by atoms with E-state index in [0.717, 1.165) is 63.9 Å². The molecule has 0 bridgehead atoms. The van der Waals surface area contributed by atoms with E-state index in [4.69, 9.17) is 9.73 Å². The Bertz CT molecular complexity index is 473. The van der Waals surface area contributed by atoms with Gasteiger partial charge in [-0.25, -0.2) is 0 Å². The van der Waals surface area contributed by atoms with Gasteiger partial charge in [-0.15, -0.1) is 24.0 Å². The number of hydrogen-bond acceptors (Lipinski definition) is 3. The van der Waals surface area contributed by atoms with Gasteiger partial charge in [0.05, 0.1) is 12.0 Å². The van der Waals surface area contributed by atoms with Crippen molar-refractivity contribution in [2.75, 3.05) is 54.0 Å². The van der Waals surface area contributed by atoms with Crippen LogP contribution in [0.25, 0.3) is 0 Å². The Hall–Kier alpha value is -0.570. The van der Waals surface area contributed by atoms with Gasteiger partial charge in [-0.3, -0.25) is 9.79 Å². The van der Waals surface area contributed by atoms with E-state index in [1.54, 1.807) is 4.90 Å². The molecule has 0 spiro atoms. The van der Waals surface area contributed by atoms with Gasteiger partial charge in [0.1, 0.15) is 0 Å². The third-order valence-electron chi connectivity index (χ3n) is 5.86. The summed E-state index contributed by atoms with van der Waals surface area (Å²) in [5.74, 6) is 1.92. The van der Waals surface area contributed by atoms with Crippen LogP contribution in [-0.4, -0.2) is 75.7 Å². The second-order valence-corrected chi connectivity index (χ2v) is 8.12. The minimum absolute atomic E-state index is 0. The number of nitrogens with one attached hydrogen (secondary N) is 1. The summed E-state index contributed by atoms with van der Waals surface area (Å²) < 4.78 is 5.46. The van der Waals surface area contributed by atoms with Crippen LogP contribution < -0.4 is 5.32 Å². The maximum Gasteiger partial charge on any atom is 0.230 e. The van der Waals surface area contributed by atoms with Crippen molar-refractivity contribution in [1.82, 2.24) is 15.1 Å². The molecule has 1 saturated heterocycles. The minimum Gasteiger partial charge on any atom is -0.381 e. The molecule has 0 aromatic rings. The summed E-state index contributed by atoms with van der Waals surface area (Å²) in [4.78, 5) is 21.6. The number of carbonyl (C=O) groups is 1. The van der Waals surface area contributed by atoms with Gasteiger partial charge in [0.2, 0.25) is 5.91 Å². The van der Waals surface area contributed by atoms with Crippen molar-refractivity contribution in [3.63, 3.8) is 0 Å². The summed E-state index contributed by atoms with van der Waals surface area (Å²) in [6, 6.07) is 0. The largest absolute Gasteiger partial charge is 0.381 e. The quantitative estimate of drug-likeness (QED) is 0.336. The first-order valence-corrected chi connectivity index (χ1v) is 10.3. The Kier molecular flexibility index (Phi) is 11.0. The SMILES string of the molecule is CCNC(=NCC1(C(=O)N(C)C)CCCC1)N(C)CCC1CCOCC1.I. The molecule has 2 fully saturated rings. The van der Waals surface area contributed by atoms with E-state index in [1.807, 2.05) is 14.1 Å². The molecule has 0 aromatic carbocycles. The highest BCUT2D eigenvalue weighted by atomic mass is 127. The number of carbonyl (C=O) groups excluding carboxylic acids is 1. The molecule has 2 rings (SSSR count). The molecule has 1 aliphatic heterocycles. The zero-order chi connectivity index (χ0) is 19.0. The molecule has 0 unspecified atom stereocenters. The number of guanidine groups is 1. The Morgan fingerprint density at radius 3 is 2.37 bits per heavy atom. The summed E-state index contributed by atoms with van der Waals surface area (Å²) in [5, 5.41) is 3.41. The molecule has 2 aliphatic rings. The van der Waals surface area contributed by atoms with Gasteiger partial charge < -0.3 is 19.9 Å². The highest BCUT2D eigenvalue weighted by Crippen LogP contribution is 2.39. The van der Waals surface area contributed by atoms with Crippen LogP contribution in [0.15, 0.2) is 4.99 Å². The predicted octanol–water partition coefficient (Wildman–Crippen LogP) is 2.97. The van der Waals surface area contributed by atoms with Crippen LogP contribution >= 0.6 is 24.0 Å². The predicted molar refractivity (Wildman–Crippen MR) is 122 cm³/mol. The Morgan fingerprint density at radius 2 is 1.81 bits per heavy atom. The van der Waals surface area contributed by atoms with E-state index >= 15 is 0 Å². The fourth-order valence-electron chi connectivity index (χ4n) is 4.18. The maximum absolute atomic E-state index is 12.8. The first kappa shape index (κ1) is 24.5. The number of aliphatic imine (C=N–C) groups is 1. The van der Waals surface area contributed by atoms with Crippen molar-refractivity contribution in [1.29, 1.82) is 0 Å². The second-order valence-electron chi connectivity index (χ2n) is 8.12. The number of rotatable bonds is 7. The van der Waals surface area contributed by atoms with E-state index in [2.05, 4.69) is 24.2 Å². The topological polar surface area (TPSA) is 57.2 Å². The number of hydrogen-bond donors (Lipinski definition) is 1. The lowest BCUT2D eigenvalue weighted by Crippen LogP contribution is -2.44. The van der Waals surface area contributed by atoms with Crippen molar-refractivity contribution in [2.24, 2.45) is 16.3 Å². The third-order valence-corrected chi connectivity index (χ3v) is 5.86. The third kappa shape index (κ3) is 7.07. The van der Waals surface area contributed by atoms with Crippen LogP contribution in [-0.2, 0) is 9.53 Å². The minimum atomic E-state index is -0.300. The maximum atomic E-state index is 12.8. The zero-order valence-corrected chi connectivity index (χ0v) is 20.0. The molecular weight excluding hydrogens is 455 g/mol. The molecule has 27 heavy (non-hydrogen) atoms. The molecule has 158 valence electrons. The van der Waals surface area contributed by atoms with Crippen LogP contribution in [0, 0.1) is 11.3 Å². The monoisotopic (exact) mass is 494 g/mol. The van der Waals surface area contributed by atoms with Gasteiger partial charge in [0.25, 0.3) is 0 Å². The molecule has 1 aliphatic carbocycles. The van der Waals surface area contributed by atoms with Crippen molar-refractivity contribution in [3.8, 4) is 0 Å². The van der Waals surface area contributed by atoms with E-state index in [1.165, 1.54) is 19.3 Å². The number of amides is 1. The standard InChI is InChI=1S/C20H38N4O2.HI/c1-5-21-19(24(4)13-8-17-9-14-26-15-10-17)22-16-20(11-6-7-12-20)18(25)23(2)3;/h17H,5-16H2,1-4H3,(H,21,22);1H. The Balaban J connectivity index is 0.00000364. The van der Waals surface area contributed by atoms with Crippen molar-refractivity contribution >= 4 is 35.8 Å². The molecule has 0 aromatic heterocycles. The van der Waals surface area contributed by atoms with E-state index in [9.17, 15) is 4.79 Å². The summed E-state index contributed by atoms with van der Waals surface area (Å²) in [5.41, 5.74) is -0.300. The average Bonchev–Trinajstić information content (AvgIpc) is 3.13. The van der Waals surface area contributed by atoms with Crippen LogP contribution in [0.3, 0.4) is 0 Å². The smallest absolute Gasteiger partial charge is 0.230 e. The lowest BCUT2D eigenvalue weighted by atomic mass is 9.85. The average molecular weight is 494 g/mol. The number of nitrogens with zero attached hydrogens (tertiary/aromatic N) is 3. The molecule has 0 radical (unpaired) electrons. The Labute approximate surface area is 182 Å². The molecule has 1 N–H and O–H groups in total. The molecule has 1 heterocycles. The second kappa shape index (κ2) is 12.1. The molecule has 6 nitrogen and oxygen atoms in total. The molecule has 0 atom stereocenters. The number of ether oxygens (including phenoxy) is 1. The Morgan fingerprint density at radius 1 is 1.19 bits per heavy atom. The van der Waals surface area contributed by atoms with Crippen LogP contribution in [0.1, 0.15) is 51.9 Å². The van der Waals surface area contributed by atoms with Gasteiger partial charge in [0.15, 0.2) is 5.96 Å². The van der Waals surface area contributed by atoms with Crippen molar-refractivity contribution in [3.05, 3.63) is 0 Å². The molecular formula is C20H39IN4O2. The summed E-state index contributed by atoms with van der Waals surface area (Å²) >= 11 is 0. The van der Waals surface area contributed by atoms with E-state index in [-0.39, 0.29) is 35.3 Å². The fraction of sp³-hybridized carbons (Fsp3) is 0.900. The van der Waals surface area contributed by atoms with Gasteiger partial charge in [-0.1, -0.05) is 12.8 Å². The molecule has 1 amide bonds. The number of halogens is 1. The van der Waals surface area contributed by atoms with Crippen LogP contribution in [0.5, 0.6) is 0 Å². The lowest BCUT2D eigenvalue weighted by Gasteiger charge is -2.31. The highest BCUT2D eigenvalue weighted by molar-refractivity contribution is 14.0. The lowest BCUT2D eigenvalue weighted by molar-refractivity contribution is -0.138. The normalized spacial score (nSPS) is 20.1. The van der Waals surface area contributed by atoms with Crippen LogP contribution in [0.2, 0.25) is 0 Å². The van der Waals surface area contributed by atoms with E-state index < -0.39 is 0 Å². The van der Waals surface area contributed by atoms with Gasteiger partial charge >= 0.3 is 0 Å². The zero-order valence-electron chi connectivity index (χ0n) is 17.6. The molecule has 1 saturated carbocycles. The van der Waals surface area contributed by atoms with Gasteiger partial charge in [-0.05, 0) is 44.9 Å². The summed E-state index contributed by atoms with van der Waals surface area (Å²) in [6.07, 6.45) is 7.68. The van der Waals surface area contributed by atoms with Crippen LogP contribution in [0.4, 0.5) is 0 Å². The molecule has 7 heteroatoms. The first-order chi connectivity index (χ1) is 12.5. The van der Waals surface area contributed by atoms with E-state index in [0.29, 0.717) is 6.54 Å². The van der Waals surface area contributed by atoms with Gasteiger partial charge in [-0.2, -0.15) is 0 Å². The first-order valence-electron chi connectivity index (χ1n) is 10.3. The van der Waals surface area contributed by atoms with Crippen molar-refractivity contribution < 1.29 is 9.53 Å².